The molecule has 92 valence electrons. The van der Waals surface area contributed by atoms with Gasteiger partial charge < -0.3 is 5.32 Å². The minimum Gasteiger partial charge on any atom is -0.377 e. The molecule has 2 heterocycles. The lowest BCUT2D eigenvalue weighted by Gasteiger charge is -2.07. The first kappa shape index (κ1) is 11.7. The van der Waals surface area contributed by atoms with E-state index < -0.39 is 0 Å². The summed E-state index contributed by atoms with van der Waals surface area (Å²) in [6.07, 6.45) is 5.78. The van der Waals surface area contributed by atoms with Gasteiger partial charge in [0.1, 0.15) is 0 Å². The minimum atomic E-state index is 0.787. The van der Waals surface area contributed by atoms with Gasteiger partial charge in [0.25, 0.3) is 0 Å². The van der Waals surface area contributed by atoms with Crippen LogP contribution in [-0.2, 0) is 19.6 Å². The van der Waals surface area contributed by atoms with Gasteiger partial charge in [-0.3, -0.25) is 9.36 Å². The third-order valence-electron chi connectivity index (χ3n) is 2.87. The highest BCUT2D eigenvalue weighted by Crippen LogP contribution is 2.11. The maximum atomic E-state index is 4.32. The number of aryl methyl sites for hydroxylation is 3. The van der Waals surface area contributed by atoms with Gasteiger partial charge in [-0.15, -0.1) is 0 Å². The van der Waals surface area contributed by atoms with Crippen molar-refractivity contribution in [1.82, 2.24) is 19.6 Å². The minimum absolute atomic E-state index is 0.787. The summed E-state index contributed by atoms with van der Waals surface area (Å²) < 4.78 is 3.93. The van der Waals surface area contributed by atoms with E-state index in [0.29, 0.717) is 0 Å². The van der Waals surface area contributed by atoms with Gasteiger partial charge in [0.05, 0.1) is 30.3 Å². The highest BCUT2D eigenvalue weighted by molar-refractivity contribution is 5.39. The zero-order chi connectivity index (χ0) is 12.3. The zero-order valence-electron chi connectivity index (χ0n) is 10.6. The molecule has 0 amide bonds. The molecule has 0 radical (unpaired) electrons. The summed E-state index contributed by atoms with van der Waals surface area (Å²) in [7, 11) is 0. The Morgan fingerprint density at radius 2 is 2.00 bits per heavy atom. The molecule has 0 aliphatic carbocycles. The molecular formula is C12H19N5. The molecule has 0 fully saturated rings. The number of anilines is 1. The number of hydrogen-bond acceptors (Lipinski definition) is 3. The molecule has 2 rings (SSSR count). The Morgan fingerprint density at radius 3 is 2.65 bits per heavy atom. The first-order chi connectivity index (χ1) is 8.24. The van der Waals surface area contributed by atoms with Crippen LogP contribution in [0.15, 0.2) is 18.6 Å². The molecule has 2 aromatic rings. The van der Waals surface area contributed by atoms with Gasteiger partial charge >= 0.3 is 0 Å². The van der Waals surface area contributed by atoms with Crippen LogP contribution in [0.3, 0.4) is 0 Å². The fourth-order valence-corrected chi connectivity index (χ4v) is 1.82. The summed E-state index contributed by atoms with van der Waals surface area (Å²) in [6.45, 7) is 8.85. The molecule has 5 nitrogen and oxygen atoms in total. The molecule has 0 aliphatic heterocycles. The smallest absolute Gasteiger partial charge is 0.0729 e. The van der Waals surface area contributed by atoms with Gasteiger partial charge in [0.15, 0.2) is 0 Å². The largest absolute Gasteiger partial charge is 0.377 e. The molecule has 0 aromatic carbocycles. The van der Waals surface area contributed by atoms with Gasteiger partial charge in [0, 0.05) is 19.3 Å². The Kier molecular flexibility index (Phi) is 3.46. The molecule has 0 spiro atoms. The van der Waals surface area contributed by atoms with Gasteiger partial charge in [0.2, 0.25) is 0 Å². The van der Waals surface area contributed by atoms with Crippen LogP contribution in [0.5, 0.6) is 0 Å². The third-order valence-corrected chi connectivity index (χ3v) is 2.87. The Morgan fingerprint density at radius 1 is 1.18 bits per heavy atom. The van der Waals surface area contributed by atoms with Crippen LogP contribution in [-0.4, -0.2) is 19.6 Å². The molecule has 17 heavy (non-hydrogen) atoms. The number of rotatable bonds is 5. The lowest BCUT2D eigenvalue weighted by Crippen LogP contribution is -2.08. The van der Waals surface area contributed by atoms with Crippen molar-refractivity contribution in [2.75, 3.05) is 5.32 Å². The van der Waals surface area contributed by atoms with E-state index in [1.807, 2.05) is 28.0 Å². The standard InChI is InChI=1S/C12H19N5/c1-4-16-9-11(7-14-16)13-8-12-10(3)6-15-17(12)5-2/h6-7,9,13H,4-5,8H2,1-3H3. The van der Waals surface area contributed by atoms with E-state index >= 15 is 0 Å². The number of hydrogen-bond donors (Lipinski definition) is 1. The quantitative estimate of drug-likeness (QED) is 0.859. The van der Waals surface area contributed by atoms with Crippen molar-refractivity contribution in [3.05, 3.63) is 29.8 Å². The monoisotopic (exact) mass is 233 g/mol. The lowest BCUT2D eigenvalue weighted by atomic mass is 10.2. The summed E-state index contributed by atoms with van der Waals surface area (Å²) in [6, 6.07) is 0. The Balaban J connectivity index is 2.04. The normalized spacial score (nSPS) is 10.8. The van der Waals surface area contributed by atoms with Crippen LogP contribution in [0, 0.1) is 6.92 Å². The van der Waals surface area contributed by atoms with Crippen LogP contribution < -0.4 is 5.32 Å². The van der Waals surface area contributed by atoms with Crippen molar-refractivity contribution in [3.63, 3.8) is 0 Å². The summed E-state index contributed by atoms with van der Waals surface area (Å²) >= 11 is 0. The second kappa shape index (κ2) is 5.03. The molecule has 0 bridgehead atoms. The van der Waals surface area contributed by atoms with Gasteiger partial charge in [-0.1, -0.05) is 0 Å². The van der Waals surface area contributed by atoms with Gasteiger partial charge in [-0.2, -0.15) is 10.2 Å². The molecular weight excluding hydrogens is 214 g/mol. The van der Waals surface area contributed by atoms with Gasteiger partial charge in [-0.25, -0.2) is 0 Å². The predicted molar refractivity (Wildman–Crippen MR) is 67.9 cm³/mol. The van der Waals surface area contributed by atoms with E-state index in [1.54, 1.807) is 0 Å². The second-order valence-corrected chi connectivity index (χ2v) is 4.03. The fourth-order valence-electron chi connectivity index (χ4n) is 1.82. The average molecular weight is 233 g/mol. The Bertz CT molecular complexity index is 483. The first-order valence-electron chi connectivity index (χ1n) is 6.02. The number of nitrogens with one attached hydrogen (secondary N) is 1. The van der Waals surface area contributed by atoms with E-state index in [0.717, 1.165) is 25.3 Å². The summed E-state index contributed by atoms with van der Waals surface area (Å²) in [5.74, 6) is 0. The maximum absolute atomic E-state index is 4.32. The van der Waals surface area contributed by atoms with E-state index in [1.165, 1.54) is 11.3 Å². The number of nitrogens with zero attached hydrogens (tertiary/aromatic N) is 4. The van der Waals surface area contributed by atoms with Crippen LogP contribution >= 0.6 is 0 Å². The van der Waals surface area contributed by atoms with Crippen LogP contribution in [0.4, 0.5) is 5.69 Å². The molecule has 0 saturated carbocycles. The second-order valence-electron chi connectivity index (χ2n) is 4.03. The molecule has 0 saturated heterocycles. The molecule has 1 N–H and O–H groups in total. The van der Waals surface area contributed by atoms with Crippen molar-refractivity contribution in [2.45, 2.75) is 40.4 Å². The SMILES string of the molecule is CCn1cc(NCc2c(C)cnn2CC)cn1. The van der Waals surface area contributed by atoms with Crippen LogP contribution in [0.2, 0.25) is 0 Å². The van der Waals surface area contributed by atoms with E-state index in [2.05, 4.69) is 36.3 Å². The summed E-state index contributed by atoms with van der Waals surface area (Å²) in [4.78, 5) is 0. The lowest BCUT2D eigenvalue weighted by molar-refractivity contribution is 0.626. The highest BCUT2D eigenvalue weighted by atomic mass is 15.3. The van der Waals surface area contributed by atoms with Gasteiger partial charge in [-0.05, 0) is 26.3 Å². The first-order valence-corrected chi connectivity index (χ1v) is 6.02. The molecule has 5 heteroatoms. The van der Waals surface area contributed by atoms with E-state index in [4.69, 9.17) is 0 Å². The molecule has 0 unspecified atom stereocenters. The van der Waals surface area contributed by atoms with Crippen LogP contribution in [0.1, 0.15) is 25.1 Å². The van der Waals surface area contributed by atoms with Crippen molar-refractivity contribution in [2.24, 2.45) is 0 Å². The van der Waals surface area contributed by atoms with Crippen molar-refractivity contribution < 1.29 is 0 Å². The highest BCUT2D eigenvalue weighted by Gasteiger charge is 2.06. The maximum Gasteiger partial charge on any atom is 0.0729 e. The predicted octanol–water partition coefficient (Wildman–Crippen LogP) is 2.04. The van der Waals surface area contributed by atoms with E-state index in [9.17, 15) is 0 Å². The van der Waals surface area contributed by atoms with Crippen molar-refractivity contribution >= 4 is 5.69 Å². The van der Waals surface area contributed by atoms with Crippen molar-refractivity contribution in [3.8, 4) is 0 Å². The topological polar surface area (TPSA) is 47.7 Å². The molecule has 0 aliphatic rings. The fraction of sp³-hybridized carbons (Fsp3) is 0.500. The van der Waals surface area contributed by atoms with Crippen LogP contribution in [0.25, 0.3) is 0 Å². The van der Waals surface area contributed by atoms with Crippen molar-refractivity contribution in [1.29, 1.82) is 0 Å². The third kappa shape index (κ3) is 2.49. The molecule has 0 atom stereocenters. The Hall–Kier alpha value is -1.78. The average Bonchev–Trinajstić information content (AvgIpc) is 2.93. The molecule has 2 aromatic heterocycles. The summed E-state index contributed by atoms with van der Waals surface area (Å²) in [5, 5.41) is 11.9. The van der Waals surface area contributed by atoms with E-state index in [-0.39, 0.29) is 0 Å². The zero-order valence-corrected chi connectivity index (χ0v) is 10.6. The summed E-state index contributed by atoms with van der Waals surface area (Å²) in [5.41, 5.74) is 3.51. The Labute approximate surface area is 101 Å². The number of aromatic nitrogens is 4.